The number of rotatable bonds is 7. The van der Waals surface area contributed by atoms with E-state index in [2.05, 4.69) is 10.2 Å². The Balaban J connectivity index is 1.60. The minimum atomic E-state index is -0.590. The summed E-state index contributed by atoms with van der Waals surface area (Å²) in [4.78, 5) is 30.2. The number of hydrogen-bond donors (Lipinski definition) is 1. The van der Waals surface area contributed by atoms with E-state index in [1.54, 1.807) is 43.5 Å². The molecule has 1 unspecified atom stereocenters. The van der Waals surface area contributed by atoms with Crippen LogP contribution in [-0.4, -0.2) is 60.9 Å². The van der Waals surface area contributed by atoms with Crippen molar-refractivity contribution in [2.45, 2.75) is 32.9 Å². The molecule has 1 fully saturated rings. The summed E-state index contributed by atoms with van der Waals surface area (Å²) < 4.78 is 18.3. The molecule has 2 aromatic rings. The van der Waals surface area contributed by atoms with Gasteiger partial charge in [-0.25, -0.2) is 4.39 Å². The van der Waals surface area contributed by atoms with Crippen molar-refractivity contribution in [3.05, 3.63) is 65.5 Å². The molecule has 0 spiro atoms. The van der Waals surface area contributed by atoms with Crippen LogP contribution in [0.4, 0.5) is 4.39 Å². The topological polar surface area (TPSA) is 61.9 Å². The van der Waals surface area contributed by atoms with Gasteiger partial charge in [0.15, 0.2) is 0 Å². The SMILES string of the molecule is COc1ccc(C(=O)NC(C(=O)N2CCCN(Cc3ccc(F)cc3)CC2)C(C)C)cc1. The Bertz CT molecular complexity index is 900. The number of nitrogens with zero attached hydrogens (tertiary/aromatic N) is 2. The zero-order valence-corrected chi connectivity index (χ0v) is 19.0. The van der Waals surface area contributed by atoms with Crippen molar-refractivity contribution >= 4 is 11.8 Å². The Kier molecular flexibility index (Phi) is 8.22. The zero-order chi connectivity index (χ0) is 23.1. The first-order chi connectivity index (χ1) is 15.4. The van der Waals surface area contributed by atoms with E-state index < -0.39 is 6.04 Å². The van der Waals surface area contributed by atoms with Crippen LogP contribution in [0.1, 0.15) is 36.2 Å². The fraction of sp³-hybridized carbons (Fsp3) is 0.440. The molecule has 0 bridgehead atoms. The fourth-order valence-electron chi connectivity index (χ4n) is 3.87. The molecule has 1 aliphatic heterocycles. The van der Waals surface area contributed by atoms with Crippen LogP contribution in [-0.2, 0) is 11.3 Å². The molecule has 0 radical (unpaired) electrons. The average Bonchev–Trinajstić information content (AvgIpc) is 3.04. The first-order valence-electron chi connectivity index (χ1n) is 11.1. The van der Waals surface area contributed by atoms with E-state index in [0.29, 0.717) is 24.4 Å². The van der Waals surface area contributed by atoms with Gasteiger partial charge < -0.3 is 15.0 Å². The lowest BCUT2D eigenvalue weighted by atomic mass is 10.0. The van der Waals surface area contributed by atoms with Crippen LogP contribution in [0.3, 0.4) is 0 Å². The summed E-state index contributed by atoms with van der Waals surface area (Å²) in [5, 5.41) is 2.92. The molecule has 2 amide bonds. The number of carbonyl (C=O) groups excluding carboxylic acids is 2. The molecule has 1 N–H and O–H groups in total. The van der Waals surface area contributed by atoms with Gasteiger partial charge in [-0.3, -0.25) is 14.5 Å². The summed E-state index contributed by atoms with van der Waals surface area (Å²) >= 11 is 0. The van der Waals surface area contributed by atoms with Gasteiger partial charge in [-0.15, -0.1) is 0 Å². The monoisotopic (exact) mass is 441 g/mol. The van der Waals surface area contributed by atoms with Gasteiger partial charge in [-0.05, 0) is 54.3 Å². The third-order valence-electron chi connectivity index (χ3n) is 5.79. The lowest BCUT2D eigenvalue weighted by molar-refractivity contribution is -0.134. The molecule has 2 aromatic carbocycles. The van der Waals surface area contributed by atoms with Gasteiger partial charge in [0, 0.05) is 38.3 Å². The molecule has 0 saturated carbocycles. The van der Waals surface area contributed by atoms with Crippen molar-refractivity contribution in [2.75, 3.05) is 33.3 Å². The average molecular weight is 442 g/mol. The predicted octanol–water partition coefficient (Wildman–Crippen LogP) is 3.32. The summed E-state index contributed by atoms with van der Waals surface area (Å²) in [6.07, 6.45) is 0.851. The van der Waals surface area contributed by atoms with Crippen molar-refractivity contribution in [1.29, 1.82) is 0 Å². The first kappa shape index (κ1) is 23.7. The number of amides is 2. The normalized spacial score (nSPS) is 15.8. The predicted molar refractivity (Wildman–Crippen MR) is 122 cm³/mol. The number of halogens is 1. The van der Waals surface area contributed by atoms with Crippen LogP contribution < -0.4 is 10.1 Å². The van der Waals surface area contributed by atoms with Crippen molar-refractivity contribution in [3.63, 3.8) is 0 Å². The van der Waals surface area contributed by atoms with Crippen LogP contribution in [0.15, 0.2) is 48.5 Å². The van der Waals surface area contributed by atoms with Crippen LogP contribution in [0.5, 0.6) is 5.75 Å². The maximum Gasteiger partial charge on any atom is 0.251 e. The fourth-order valence-corrected chi connectivity index (χ4v) is 3.87. The van der Waals surface area contributed by atoms with Crippen molar-refractivity contribution in [1.82, 2.24) is 15.1 Å². The molecule has 0 aliphatic carbocycles. The Morgan fingerprint density at radius 3 is 2.31 bits per heavy atom. The highest BCUT2D eigenvalue weighted by Gasteiger charge is 2.30. The van der Waals surface area contributed by atoms with Crippen LogP contribution >= 0.6 is 0 Å². The van der Waals surface area contributed by atoms with Crippen LogP contribution in [0.25, 0.3) is 0 Å². The molecule has 1 saturated heterocycles. The molecule has 1 heterocycles. The third-order valence-corrected chi connectivity index (χ3v) is 5.79. The van der Waals surface area contributed by atoms with Crippen molar-refractivity contribution in [2.24, 2.45) is 5.92 Å². The van der Waals surface area contributed by atoms with Gasteiger partial charge in [0.2, 0.25) is 5.91 Å². The summed E-state index contributed by atoms with van der Waals surface area (Å²) in [7, 11) is 1.57. The largest absolute Gasteiger partial charge is 0.497 e. The standard InChI is InChI=1S/C25H32FN3O3/c1-18(2)23(27-24(30)20-7-11-22(32-3)12-8-20)25(31)29-14-4-13-28(15-16-29)17-19-5-9-21(26)10-6-19/h5-12,18,23H,4,13-17H2,1-3H3,(H,27,30). The summed E-state index contributed by atoms with van der Waals surface area (Å²) in [5.41, 5.74) is 1.54. The van der Waals surface area contributed by atoms with Gasteiger partial charge in [0.05, 0.1) is 7.11 Å². The number of ether oxygens (including phenoxy) is 1. The molecule has 6 nitrogen and oxygen atoms in total. The van der Waals surface area contributed by atoms with E-state index in [9.17, 15) is 14.0 Å². The van der Waals surface area contributed by atoms with E-state index in [-0.39, 0.29) is 23.5 Å². The summed E-state index contributed by atoms with van der Waals surface area (Å²) in [5.74, 6) is 0.0758. The van der Waals surface area contributed by atoms with Gasteiger partial charge in [-0.1, -0.05) is 26.0 Å². The number of nitrogens with one attached hydrogen (secondary N) is 1. The Morgan fingerprint density at radius 2 is 1.69 bits per heavy atom. The molecule has 1 aliphatic rings. The molecule has 7 heteroatoms. The van der Waals surface area contributed by atoms with E-state index in [0.717, 1.165) is 31.6 Å². The molecule has 3 rings (SSSR count). The highest BCUT2D eigenvalue weighted by atomic mass is 19.1. The van der Waals surface area contributed by atoms with Gasteiger partial charge in [0.1, 0.15) is 17.6 Å². The smallest absolute Gasteiger partial charge is 0.251 e. The van der Waals surface area contributed by atoms with Crippen LogP contribution in [0.2, 0.25) is 0 Å². The van der Waals surface area contributed by atoms with Gasteiger partial charge >= 0.3 is 0 Å². The maximum absolute atomic E-state index is 13.3. The Morgan fingerprint density at radius 1 is 1.00 bits per heavy atom. The lowest BCUT2D eigenvalue weighted by Gasteiger charge is -2.29. The second-order valence-electron chi connectivity index (χ2n) is 8.51. The minimum absolute atomic E-state index is 0.0386. The molecule has 1 atom stereocenters. The van der Waals surface area contributed by atoms with Crippen LogP contribution in [0, 0.1) is 11.7 Å². The molecule has 172 valence electrons. The van der Waals surface area contributed by atoms with E-state index >= 15 is 0 Å². The summed E-state index contributed by atoms with van der Waals surface area (Å²) in [6, 6.07) is 12.8. The molecule has 0 aromatic heterocycles. The second-order valence-corrected chi connectivity index (χ2v) is 8.51. The second kappa shape index (κ2) is 11.1. The quantitative estimate of drug-likeness (QED) is 0.716. The Labute approximate surface area is 189 Å². The first-order valence-corrected chi connectivity index (χ1v) is 11.1. The maximum atomic E-state index is 13.3. The van der Waals surface area contributed by atoms with E-state index in [4.69, 9.17) is 4.74 Å². The molecule has 32 heavy (non-hydrogen) atoms. The molecular formula is C25H32FN3O3. The number of methoxy groups -OCH3 is 1. The summed E-state index contributed by atoms with van der Waals surface area (Å²) in [6.45, 7) is 7.46. The third kappa shape index (κ3) is 6.29. The number of hydrogen-bond acceptors (Lipinski definition) is 4. The van der Waals surface area contributed by atoms with Gasteiger partial charge in [-0.2, -0.15) is 0 Å². The highest BCUT2D eigenvalue weighted by Crippen LogP contribution is 2.15. The number of carbonyl (C=O) groups is 2. The highest BCUT2D eigenvalue weighted by molar-refractivity contribution is 5.97. The minimum Gasteiger partial charge on any atom is -0.497 e. The van der Waals surface area contributed by atoms with E-state index in [1.807, 2.05) is 18.7 Å². The zero-order valence-electron chi connectivity index (χ0n) is 19.0. The van der Waals surface area contributed by atoms with Crippen molar-refractivity contribution < 1.29 is 18.7 Å². The van der Waals surface area contributed by atoms with Gasteiger partial charge in [0.25, 0.3) is 5.91 Å². The van der Waals surface area contributed by atoms with E-state index in [1.165, 1.54) is 12.1 Å². The number of benzene rings is 2. The lowest BCUT2D eigenvalue weighted by Crippen LogP contribution is -2.52. The molecular weight excluding hydrogens is 409 g/mol. The Hall–Kier alpha value is -2.93. The van der Waals surface area contributed by atoms with Crippen molar-refractivity contribution in [3.8, 4) is 5.75 Å².